The summed E-state index contributed by atoms with van der Waals surface area (Å²) in [5.74, 6) is 1.38. The molecule has 3 unspecified atom stereocenters. The van der Waals surface area contributed by atoms with Crippen molar-refractivity contribution in [2.45, 2.75) is 51.7 Å². The fourth-order valence-corrected chi connectivity index (χ4v) is 3.03. The largest absolute Gasteiger partial charge is 0.444 e. The third-order valence-electron chi connectivity index (χ3n) is 3.73. The highest BCUT2D eigenvalue weighted by Crippen LogP contribution is 2.35. The normalized spacial score (nSPS) is 33.0. The predicted octanol–water partition coefficient (Wildman–Crippen LogP) is 1.90. The van der Waals surface area contributed by atoms with Gasteiger partial charge in [-0.2, -0.15) is 0 Å². The number of alkyl carbamates (subject to hydrolysis) is 1. The second-order valence-electron chi connectivity index (χ2n) is 6.25. The van der Waals surface area contributed by atoms with E-state index in [-0.39, 0.29) is 6.09 Å². The Bertz CT molecular complexity index is 286. The molecular weight excluding hydrogens is 216 g/mol. The van der Waals surface area contributed by atoms with Crippen molar-refractivity contribution in [2.24, 2.45) is 11.8 Å². The Morgan fingerprint density at radius 1 is 1.29 bits per heavy atom. The molecule has 2 aliphatic rings. The number of hydrogen-bond acceptors (Lipinski definition) is 3. The molecule has 98 valence electrons. The summed E-state index contributed by atoms with van der Waals surface area (Å²) in [6, 6.07) is 0.317. The second-order valence-corrected chi connectivity index (χ2v) is 6.25. The van der Waals surface area contributed by atoms with Crippen LogP contribution in [0.5, 0.6) is 0 Å². The van der Waals surface area contributed by atoms with Crippen molar-refractivity contribution >= 4 is 6.09 Å². The van der Waals surface area contributed by atoms with Gasteiger partial charge in [0.1, 0.15) is 5.60 Å². The molecule has 1 aliphatic carbocycles. The van der Waals surface area contributed by atoms with Crippen LogP contribution in [0.4, 0.5) is 4.79 Å². The summed E-state index contributed by atoms with van der Waals surface area (Å²) >= 11 is 0. The Labute approximate surface area is 103 Å². The van der Waals surface area contributed by atoms with Gasteiger partial charge in [0.25, 0.3) is 0 Å². The highest BCUT2D eigenvalue weighted by Gasteiger charge is 2.38. The van der Waals surface area contributed by atoms with Crippen LogP contribution in [0.3, 0.4) is 0 Å². The van der Waals surface area contributed by atoms with Gasteiger partial charge in [-0.1, -0.05) is 0 Å². The Kier molecular flexibility index (Phi) is 3.61. The summed E-state index contributed by atoms with van der Waals surface area (Å²) in [6.45, 7) is 7.88. The number of carbonyl (C=O) groups is 1. The van der Waals surface area contributed by atoms with Gasteiger partial charge >= 0.3 is 6.09 Å². The molecular formula is C13H24N2O2. The standard InChI is InChI=1S/C13H24N2O2/c1-13(2,3)17-12(16)15-11-5-4-9-8-14-7-6-10(9)11/h9-11,14H,4-8H2,1-3H3,(H,15,16). The Balaban J connectivity index is 1.85. The molecule has 2 fully saturated rings. The van der Waals surface area contributed by atoms with E-state index in [0.29, 0.717) is 12.0 Å². The minimum absolute atomic E-state index is 0.262. The maximum absolute atomic E-state index is 11.7. The molecule has 2 N–H and O–H groups in total. The van der Waals surface area contributed by atoms with E-state index >= 15 is 0 Å². The fourth-order valence-electron chi connectivity index (χ4n) is 3.03. The zero-order valence-electron chi connectivity index (χ0n) is 11.1. The number of carbonyl (C=O) groups excluding carboxylic acids is 1. The van der Waals surface area contributed by atoms with E-state index in [4.69, 9.17) is 4.74 Å². The molecule has 3 atom stereocenters. The minimum atomic E-state index is -0.407. The van der Waals surface area contributed by atoms with E-state index in [2.05, 4.69) is 10.6 Å². The van der Waals surface area contributed by atoms with Crippen LogP contribution in [0.25, 0.3) is 0 Å². The lowest BCUT2D eigenvalue weighted by Crippen LogP contribution is -2.45. The minimum Gasteiger partial charge on any atom is -0.444 e. The monoisotopic (exact) mass is 240 g/mol. The summed E-state index contributed by atoms with van der Waals surface area (Å²) in [5, 5.41) is 6.47. The van der Waals surface area contributed by atoms with Crippen LogP contribution in [0, 0.1) is 11.8 Å². The van der Waals surface area contributed by atoms with Gasteiger partial charge in [0.05, 0.1) is 0 Å². The molecule has 0 bridgehead atoms. The molecule has 2 rings (SSSR count). The Morgan fingerprint density at radius 2 is 2.06 bits per heavy atom. The van der Waals surface area contributed by atoms with Gasteiger partial charge in [-0.3, -0.25) is 0 Å². The van der Waals surface area contributed by atoms with E-state index in [0.717, 1.165) is 25.4 Å². The Morgan fingerprint density at radius 3 is 2.76 bits per heavy atom. The van der Waals surface area contributed by atoms with Crippen LogP contribution in [0.1, 0.15) is 40.0 Å². The van der Waals surface area contributed by atoms with Crippen LogP contribution < -0.4 is 10.6 Å². The average Bonchev–Trinajstić information content (AvgIpc) is 2.59. The van der Waals surface area contributed by atoms with E-state index < -0.39 is 5.60 Å². The van der Waals surface area contributed by atoms with Crippen molar-refractivity contribution in [2.75, 3.05) is 13.1 Å². The number of nitrogens with one attached hydrogen (secondary N) is 2. The molecule has 17 heavy (non-hydrogen) atoms. The highest BCUT2D eigenvalue weighted by atomic mass is 16.6. The molecule has 0 aromatic carbocycles. The maximum atomic E-state index is 11.7. The zero-order chi connectivity index (χ0) is 12.5. The van der Waals surface area contributed by atoms with Crippen LogP contribution in [0.2, 0.25) is 0 Å². The number of hydrogen-bond donors (Lipinski definition) is 2. The summed E-state index contributed by atoms with van der Waals surface area (Å²) < 4.78 is 5.31. The van der Waals surface area contributed by atoms with E-state index in [1.54, 1.807) is 0 Å². The number of fused-ring (bicyclic) bond motifs is 1. The molecule has 0 spiro atoms. The van der Waals surface area contributed by atoms with Gasteiger partial charge in [-0.25, -0.2) is 4.79 Å². The van der Waals surface area contributed by atoms with Crippen molar-refractivity contribution in [1.82, 2.24) is 10.6 Å². The van der Waals surface area contributed by atoms with E-state index in [1.165, 1.54) is 12.8 Å². The van der Waals surface area contributed by atoms with Gasteiger partial charge in [-0.05, 0) is 65.0 Å². The molecule has 1 saturated heterocycles. The number of ether oxygens (including phenoxy) is 1. The quantitative estimate of drug-likeness (QED) is 0.736. The molecule has 0 aromatic rings. The highest BCUT2D eigenvalue weighted by molar-refractivity contribution is 5.68. The molecule has 4 nitrogen and oxygen atoms in total. The average molecular weight is 240 g/mol. The first kappa shape index (κ1) is 12.7. The van der Waals surface area contributed by atoms with Crippen molar-refractivity contribution in [1.29, 1.82) is 0 Å². The molecule has 1 heterocycles. The number of piperidine rings is 1. The Hall–Kier alpha value is -0.770. The van der Waals surface area contributed by atoms with Gasteiger partial charge in [0, 0.05) is 6.04 Å². The number of rotatable bonds is 1. The van der Waals surface area contributed by atoms with Gasteiger partial charge in [0.2, 0.25) is 0 Å². The third-order valence-corrected chi connectivity index (χ3v) is 3.73. The molecule has 1 aliphatic heterocycles. The smallest absolute Gasteiger partial charge is 0.407 e. The zero-order valence-corrected chi connectivity index (χ0v) is 11.1. The van der Waals surface area contributed by atoms with Crippen molar-refractivity contribution in [3.05, 3.63) is 0 Å². The summed E-state index contributed by atoms with van der Waals surface area (Å²) in [7, 11) is 0. The predicted molar refractivity (Wildman–Crippen MR) is 66.9 cm³/mol. The lowest BCUT2D eigenvalue weighted by molar-refractivity contribution is 0.0484. The van der Waals surface area contributed by atoms with E-state index in [9.17, 15) is 4.79 Å². The van der Waals surface area contributed by atoms with Gasteiger partial charge in [0.15, 0.2) is 0 Å². The molecule has 0 radical (unpaired) electrons. The third kappa shape index (κ3) is 3.35. The molecule has 1 amide bonds. The second kappa shape index (κ2) is 4.84. The van der Waals surface area contributed by atoms with Crippen LogP contribution in [-0.4, -0.2) is 30.8 Å². The van der Waals surface area contributed by atoms with Crippen LogP contribution in [0.15, 0.2) is 0 Å². The fraction of sp³-hybridized carbons (Fsp3) is 0.923. The van der Waals surface area contributed by atoms with Crippen molar-refractivity contribution in [3.63, 3.8) is 0 Å². The van der Waals surface area contributed by atoms with Gasteiger partial charge in [-0.15, -0.1) is 0 Å². The lowest BCUT2D eigenvalue weighted by Gasteiger charge is -2.30. The molecule has 1 saturated carbocycles. The summed E-state index contributed by atoms with van der Waals surface area (Å²) in [4.78, 5) is 11.7. The first-order valence-corrected chi connectivity index (χ1v) is 6.66. The van der Waals surface area contributed by atoms with Gasteiger partial charge < -0.3 is 15.4 Å². The lowest BCUT2D eigenvalue weighted by atomic mass is 9.88. The first-order valence-electron chi connectivity index (χ1n) is 6.66. The van der Waals surface area contributed by atoms with Crippen molar-refractivity contribution in [3.8, 4) is 0 Å². The SMILES string of the molecule is CC(C)(C)OC(=O)NC1CCC2CNCCC21. The van der Waals surface area contributed by atoms with E-state index in [1.807, 2.05) is 20.8 Å². The molecule has 4 heteroatoms. The molecule has 0 aromatic heterocycles. The van der Waals surface area contributed by atoms with Crippen molar-refractivity contribution < 1.29 is 9.53 Å². The maximum Gasteiger partial charge on any atom is 0.407 e. The summed E-state index contributed by atoms with van der Waals surface area (Å²) in [5.41, 5.74) is -0.407. The first-order chi connectivity index (χ1) is 7.96. The van der Waals surface area contributed by atoms with Crippen LogP contribution in [-0.2, 0) is 4.74 Å². The van der Waals surface area contributed by atoms with Crippen LogP contribution >= 0.6 is 0 Å². The summed E-state index contributed by atoms with van der Waals surface area (Å²) in [6.07, 6.45) is 3.22. The topological polar surface area (TPSA) is 50.4 Å². The number of amides is 1.